The SMILES string of the molecule is CCc1cccc(CC)c1-n1c(CC(C)C)c(C(=O)N2CCCCC2C)cc(-c2nc(-c3ccc(Cl)cc3)cs2)c1=O. The van der Waals surface area contributed by atoms with Gasteiger partial charge < -0.3 is 4.90 Å². The molecule has 1 saturated heterocycles. The summed E-state index contributed by atoms with van der Waals surface area (Å²) in [5.41, 5.74) is 6.59. The fourth-order valence-electron chi connectivity index (χ4n) is 6.02. The maximum Gasteiger partial charge on any atom is 0.265 e. The summed E-state index contributed by atoms with van der Waals surface area (Å²) in [5, 5.41) is 3.24. The van der Waals surface area contributed by atoms with Crippen molar-refractivity contribution in [2.24, 2.45) is 5.92 Å². The van der Waals surface area contributed by atoms with E-state index >= 15 is 0 Å². The van der Waals surface area contributed by atoms with Gasteiger partial charge in [0.1, 0.15) is 5.01 Å². The number of amides is 1. The normalized spacial score (nSPS) is 15.4. The van der Waals surface area contributed by atoms with E-state index in [9.17, 15) is 9.59 Å². The maximum atomic E-state index is 14.7. The third-order valence-electron chi connectivity index (χ3n) is 8.26. The lowest BCUT2D eigenvalue weighted by atomic mass is 9.95. The van der Waals surface area contributed by atoms with Crippen LogP contribution in [0, 0.1) is 5.92 Å². The molecule has 0 N–H and O–H groups in total. The molecule has 1 aliphatic heterocycles. The third-order valence-corrected chi connectivity index (χ3v) is 9.39. The van der Waals surface area contributed by atoms with Crippen molar-refractivity contribution in [2.75, 3.05) is 6.54 Å². The third kappa shape index (κ3) is 5.97. The van der Waals surface area contributed by atoms with E-state index in [1.807, 2.05) is 45.2 Å². The van der Waals surface area contributed by atoms with E-state index in [1.54, 1.807) is 0 Å². The Balaban J connectivity index is 1.81. The summed E-state index contributed by atoms with van der Waals surface area (Å²) in [4.78, 5) is 36.1. The molecule has 1 fully saturated rings. The number of halogens is 1. The molecule has 0 aliphatic carbocycles. The second-order valence-corrected chi connectivity index (χ2v) is 13.0. The average molecular weight is 602 g/mol. The molecule has 0 bridgehead atoms. The molecule has 7 heteroatoms. The van der Waals surface area contributed by atoms with E-state index in [0.29, 0.717) is 27.6 Å². The molecule has 220 valence electrons. The Kier molecular flexibility index (Phi) is 9.34. The number of carbonyl (C=O) groups excluding carboxylic acids is 1. The second-order valence-electron chi connectivity index (χ2n) is 11.7. The molecule has 0 radical (unpaired) electrons. The smallest absolute Gasteiger partial charge is 0.265 e. The number of hydrogen-bond donors (Lipinski definition) is 0. The van der Waals surface area contributed by atoms with Crippen LogP contribution in [-0.2, 0) is 19.3 Å². The molecule has 3 heterocycles. The van der Waals surface area contributed by atoms with Crippen molar-refractivity contribution in [3.8, 4) is 27.5 Å². The number of thiazole rings is 1. The molecule has 1 aliphatic rings. The van der Waals surface area contributed by atoms with Gasteiger partial charge in [-0.15, -0.1) is 11.3 Å². The Labute approximate surface area is 258 Å². The monoisotopic (exact) mass is 601 g/mol. The van der Waals surface area contributed by atoms with Gasteiger partial charge in [0.05, 0.1) is 22.5 Å². The van der Waals surface area contributed by atoms with Crippen molar-refractivity contribution < 1.29 is 4.79 Å². The van der Waals surface area contributed by atoms with E-state index < -0.39 is 0 Å². The van der Waals surface area contributed by atoms with Crippen LogP contribution < -0.4 is 5.56 Å². The van der Waals surface area contributed by atoms with Gasteiger partial charge in [-0.2, -0.15) is 0 Å². The van der Waals surface area contributed by atoms with Crippen molar-refractivity contribution in [3.63, 3.8) is 0 Å². The van der Waals surface area contributed by atoms with Crippen molar-refractivity contribution >= 4 is 28.8 Å². The highest BCUT2D eigenvalue weighted by molar-refractivity contribution is 7.13. The van der Waals surface area contributed by atoms with Gasteiger partial charge in [0, 0.05) is 34.2 Å². The molecule has 5 nitrogen and oxygen atoms in total. The van der Waals surface area contributed by atoms with Gasteiger partial charge in [-0.05, 0) is 80.7 Å². The number of aryl methyl sites for hydroxylation is 2. The number of pyridine rings is 1. The Morgan fingerprint density at radius 3 is 2.38 bits per heavy atom. The Hall–Kier alpha value is -3.22. The molecule has 5 rings (SSSR count). The molecule has 1 amide bonds. The second kappa shape index (κ2) is 13.0. The van der Waals surface area contributed by atoms with Crippen LogP contribution >= 0.6 is 22.9 Å². The first kappa shape index (κ1) is 30.2. The molecule has 1 unspecified atom stereocenters. The van der Waals surface area contributed by atoms with Crippen molar-refractivity contribution in [1.82, 2.24) is 14.5 Å². The lowest BCUT2D eigenvalue weighted by Crippen LogP contribution is -2.43. The minimum absolute atomic E-state index is 0.00867. The Bertz CT molecular complexity index is 1610. The van der Waals surface area contributed by atoms with Gasteiger partial charge >= 0.3 is 0 Å². The van der Waals surface area contributed by atoms with Crippen molar-refractivity contribution in [2.45, 2.75) is 79.2 Å². The number of piperidine rings is 1. The number of likely N-dealkylation sites (tertiary alicyclic amines) is 1. The Morgan fingerprint density at radius 2 is 1.76 bits per heavy atom. The van der Waals surface area contributed by atoms with Gasteiger partial charge in [-0.1, -0.05) is 69.6 Å². The number of para-hydroxylation sites is 1. The number of carbonyl (C=O) groups is 1. The molecule has 2 aromatic carbocycles. The highest BCUT2D eigenvalue weighted by atomic mass is 35.5. The van der Waals surface area contributed by atoms with E-state index in [-0.39, 0.29) is 23.4 Å². The van der Waals surface area contributed by atoms with Crippen molar-refractivity contribution in [1.29, 1.82) is 0 Å². The number of nitrogens with zero attached hydrogens (tertiary/aromatic N) is 3. The lowest BCUT2D eigenvalue weighted by molar-refractivity contribution is 0.0633. The fourth-order valence-corrected chi connectivity index (χ4v) is 6.99. The number of aromatic nitrogens is 2. The summed E-state index contributed by atoms with van der Waals surface area (Å²) < 4.78 is 1.87. The standard InChI is InChI=1S/C35H40ClN3O2S/c1-6-24-12-10-13-25(7-2)32(24)39-31(19-22(3)4)28(34(40)38-18-9-8-11-23(38)5)20-29(35(39)41)33-37-30(21-42-33)26-14-16-27(36)17-15-26/h10,12-17,20-23H,6-9,11,18-19H2,1-5H3. The zero-order valence-corrected chi connectivity index (χ0v) is 26.8. The molecule has 42 heavy (non-hydrogen) atoms. The van der Waals surface area contributed by atoms with Crippen LogP contribution in [0.25, 0.3) is 27.5 Å². The van der Waals surface area contributed by atoms with Crippen LogP contribution in [0.4, 0.5) is 0 Å². The first-order valence-electron chi connectivity index (χ1n) is 15.2. The van der Waals surface area contributed by atoms with Crippen LogP contribution in [0.5, 0.6) is 0 Å². The van der Waals surface area contributed by atoms with Crippen LogP contribution in [0.2, 0.25) is 5.02 Å². The van der Waals surface area contributed by atoms with E-state index in [2.05, 4.69) is 52.8 Å². The summed E-state index contributed by atoms with van der Waals surface area (Å²) >= 11 is 7.55. The Morgan fingerprint density at radius 1 is 1.07 bits per heavy atom. The van der Waals surface area contributed by atoms with E-state index in [0.717, 1.165) is 72.4 Å². The lowest BCUT2D eigenvalue weighted by Gasteiger charge is -2.34. The summed E-state index contributed by atoms with van der Waals surface area (Å²) in [7, 11) is 0. The number of hydrogen-bond acceptors (Lipinski definition) is 4. The maximum absolute atomic E-state index is 14.7. The van der Waals surface area contributed by atoms with Crippen LogP contribution in [0.15, 0.2) is 58.7 Å². The quantitative estimate of drug-likeness (QED) is 0.203. The van der Waals surface area contributed by atoms with Crippen LogP contribution in [0.3, 0.4) is 0 Å². The van der Waals surface area contributed by atoms with Crippen LogP contribution in [0.1, 0.15) is 81.1 Å². The molecule has 0 saturated carbocycles. The highest BCUT2D eigenvalue weighted by Crippen LogP contribution is 2.33. The van der Waals surface area contributed by atoms with Crippen molar-refractivity contribution in [3.05, 3.63) is 91.7 Å². The van der Waals surface area contributed by atoms with E-state index in [1.165, 1.54) is 11.3 Å². The highest BCUT2D eigenvalue weighted by Gasteiger charge is 2.30. The zero-order valence-electron chi connectivity index (χ0n) is 25.2. The minimum Gasteiger partial charge on any atom is -0.336 e. The fraction of sp³-hybridized carbons (Fsp3) is 0.400. The van der Waals surface area contributed by atoms with E-state index in [4.69, 9.17) is 16.6 Å². The summed E-state index contributed by atoms with van der Waals surface area (Å²) in [5.74, 6) is 0.261. The first-order valence-corrected chi connectivity index (χ1v) is 16.4. The molecule has 4 aromatic rings. The van der Waals surface area contributed by atoms with Gasteiger partial charge in [-0.3, -0.25) is 14.2 Å². The number of benzene rings is 2. The predicted octanol–water partition coefficient (Wildman–Crippen LogP) is 8.62. The first-order chi connectivity index (χ1) is 20.2. The minimum atomic E-state index is -0.124. The molecular weight excluding hydrogens is 562 g/mol. The molecule has 2 aromatic heterocycles. The number of rotatable bonds is 8. The average Bonchev–Trinajstić information content (AvgIpc) is 3.47. The van der Waals surface area contributed by atoms with Gasteiger partial charge in [-0.25, -0.2) is 4.98 Å². The van der Waals surface area contributed by atoms with Gasteiger partial charge in [0.25, 0.3) is 11.5 Å². The summed E-state index contributed by atoms with van der Waals surface area (Å²) in [6.07, 6.45) is 5.31. The van der Waals surface area contributed by atoms with Gasteiger partial charge in [0.2, 0.25) is 0 Å². The predicted molar refractivity (Wildman–Crippen MR) is 175 cm³/mol. The zero-order chi connectivity index (χ0) is 30.0. The summed E-state index contributed by atoms with van der Waals surface area (Å²) in [6.45, 7) is 11.4. The topological polar surface area (TPSA) is 55.2 Å². The molecular formula is C35H40ClN3O2S. The molecule has 1 atom stereocenters. The van der Waals surface area contributed by atoms with Gasteiger partial charge in [0.15, 0.2) is 0 Å². The molecule has 0 spiro atoms. The largest absolute Gasteiger partial charge is 0.336 e. The summed E-state index contributed by atoms with van der Waals surface area (Å²) in [6, 6.07) is 15.8. The van der Waals surface area contributed by atoms with Crippen LogP contribution in [-0.4, -0.2) is 32.9 Å².